The van der Waals surface area contributed by atoms with E-state index in [4.69, 9.17) is 14.2 Å². The van der Waals surface area contributed by atoms with Crippen LogP contribution in [-0.2, 0) is 0 Å². The van der Waals surface area contributed by atoms with E-state index < -0.39 is 0 Å². The highest BCUT2D eigenvalue weighted by molar-refractivity contribution is 5.44. The molecule has 4 heteroatoms. The van der Waals surface area contributed by atoms with Gasteiger partial charge in [0.25, 0.3) is 5.88 Å². The molecule has 4 nitrogen and oxygen atoms in total. The van der Waals surface area contributed by atoms with Gasteiger partial charge < -0.3 is 14.2 Å². The number of hydrogen-bond donors (Lipinski definition) is 0. The Kier molecular flexibility index (Phi) is 3.45. The lowest BCUT2D eigenvalue weighted by molar-refractivity contribution is 0.347. The van der Waals surface area contributed by atoms with Gasteiger partial charge in [-0.3, -0.25) is 0 Å². The average Bonchev–Trinajstić information content (AvgIpc) is 2.40. The number of benzene rings is 1. The molecule has 0 aliphatic heterocycles. The number of nitrogens with zero attached hydrogens (tertiary/aromatic N) is 1. The fourth-order valence-electron chi connectivity index (χ4n) is 1.38. The summed E-state index contributed by atoms with van der Waals surface area (Å²) < 4.78 is 16.0. The molecule has 0 unspecified atom stereocenters. The number of para-hydroxylation sites is 2. The Hall–Kier alpha value is -2.23. The summed E-state index contributed by atoms with van der Waals surface area (Å²) >= 11 is 0. The lowest BCUT2D eigenvalue weighted by Gasteiger charge is -2.11. The summed E-state index contributed by atoms with van der Waals surface area (Å²) in [5.41, 5.74) is 0. The molecule has 1 aromatic heterocycles. The molecule has 0 spiro atoms. The maximum absolute atomic E-state index is 5.69. The number of pyridine rings is 1. The van der Waals surface area contributed by atoms with E-state index in [1.54, 1.807) is 19.2 Å². The average molecular weight is 230 g/mol. The minimum atomic E-state index is 0.387. The van der Waals surface area contributed by atoms with E-state index in [-0.39, 0.29) is 0 Å². The van der Waals surface area contributed by atoms with Gasteiger partial charge in [0.15, 0.2) is 17.2 Å². The second kappa shape index (κ2) is 5.21. The van der Waals surface area contributed by atoms with Crippen LogP contribution in [0.2, 0.25) is 0 Å². The summed E-state index contributed by atoms with van der Waals surface area (Å²) in [4.78, 5) is 3.94. The smallest absolute Gasteiger partial charge is 0.258 e. The van der Waals surface area contributed by atoms with Crippen molar-refractivity contribution in [1.29, 1.82) is 0 Å². The maximum atomic E-state index is 5.69. The molecule has 0 fully saturated rings. The van der Waals surface area contributed by atoms with Gasteiger partial charge in [0.05, 0.1) is 20.4 Å². The molecular weight excluding hydrogens is 218 g/mol. The van der Waals surface area contributed by atoms with Crippen molar-refractivity contribution >= 4 is 0 Å². The Morgan fingerprint density at radius 3 is 2.41 bits per heavy atom. The van der Waals surface area contributed by atoms with Gasteiger partial charge in [-0.25, -0.2) is 4.98 Å². The van der Waals surface area contributed by atoms with Crippen molar-refractivity contribution in [3.63, 3.8) is 0 Å². The first-order valence-corrected chi connectivity index (χ1v) is 5.07. The van der Waals surface area contributed by atoms with Crippen LogP contribution >= 0.6 is 0 Å². The lowest BCUT2D eigenvalue weighted by Crippen LogP contribution is -1.94. The molecule has 0 bridgehead atoms. The highest BCUT2D eigenvalue weighted by Crippen LogP contribution is 2.34. The molecule has 0 N–H and O–H groups in total. The number of methoxy groups -OCH3 is 2. The fraction of sp³-hybridized carbons (Fsp3) is 0.154. The van der Waals surface area contributed by atoms with E-state index in [0.717, 1.165) is 0 Å². The zero-order valence-electron chi connectivity index (χ0n) is 9.64. The summed E-state index contributed by atoms with van der Waals surface area (Å²) in [6, 6.07) is 10.8. The van der Waals surface area contributed by atoms with Crippen LogP contribution in [-0.4, -0.2) is 19.2 Å². The van der Waals surface area contributed by atoms with Crippen LogP contribution in [0.4, 0.5) is 0 Å². The van der Waals surface area contributed by atoms with Crippen LogP contribution in [0, 0.1) is 6.20 Å². The van der Waals surface area contributed by atoms with Crippen LogP contribution in [0.15, 0.2) is 36.4 Å². The first-order chi connectivity index (χ1) is 8.35. The quantitative estimate of drug-likeness (QED) is 0.809. The largest absolute Gasteiger partial charge is 0.493 e. The fourth-order valence-corrected chi connectivity index (χ4v) is 1.38. The standard InChI is InChI=1S/C13H12NO3/c1-15-10-6-3-4-7-11(10)17-12-8-5-9-14-13(12)16-2/h3-8H,1-2H3. The van der Waals surface area contributed by atoms with Gasteiger partial charge in [0, 0.05) is 0 Å². The number of aromatic nitrogens is 1. The van der Waals surface area contributed by atoms with Crippen molar-refractivity contribution in [1.82, 2.24) is 4.98 Å². The van der Waals surface area contributed by atoms with E-state index in [0.29, 0.717) is 23.1 Å². The molecule has 1 heterocycles. The van der Waals surface area contributed by atoms with Gasteiger partial charge in [0.1, 0.15) is 0 Å². The van der Waals surface area contributed by atoms with Gasteiger partial charge in [-0.05, 0) is 24.3 Å². The van der Waals surface area contributed by atoms with Gasteiger partial charge in [-0.2, -0.15) is 0 Å². The zero-order chi connectivity index (χ0) is 12.1. The lowest BCUT2D eigenvalue weighted by atomic mass is 10.3. The van der Waals surface area contributed by atoms with Gasteiger partial charge in [-0.1, -0.05) is 12.1 Å². The topological polar surface area (TPSA) is 40.6 Å². The highest BCUT2D eigenvalue weighted by Gasteiger charge is 2.09. The number of rotatable bonds is 4. The SMILES string of the molecule is COc1ccccc1Oc1cc[c]nc1OC. The molecule has 1 aromatic carbocycles. The van der Waals surface area contributed by atoms with E-state index in [1.807, 2.05) is 24.3 Å². The molecule has 2 rings (SSSR count). The molecule has 87 valence electrons. The molecule has 2 aromatic rings. The van der Waals surface area contributed by atoms with Crippen LogP contribution in [0.25, 0.3) is 0 Å². The third-order valence-corrected chi connectivity index (χ3v) is 2.17. The van der Waals surface area contributed by atoms with Gasteiger partial charge in [-0.15, -0.1) is 0 Å². The van der Waals surface area contributed by atoms with Crippen molar-refractivity contribution in [3.8, 4) is 23.1 Å². The summed E-state index contributed by atoms with van der Waals surface area (Å²) in [5.74, 6) is 2.18. The van der Waals surface area contributed by atoms with Crippen LogP contribution < -0.4 is 14.2 Å². The van der Waals surface area contributed by atoms with Crippen LogP contribution in [0.1, 0.15) is 0 Å². The minimum absolute atomic E-state index is 0.387. The predicted molar refractivity (Wildman–Crippen MR) is 62.7 cm³/mol. The minimum Gasteiger partial charge on any atom is -0.493 e. The van der Waals surface area contributed by atoms with Gasteiger partial charge in [0.2, 0.25) is 0 Å². The highest BCUT2D eigenvalue weighted by atomic mass is 16.5. The summed E-state index contributed by atoms with van der Waals surface area (Å²) in [6.07, 6.45) is 2.68. The van der Waals surface area contributed by atoms with Crippen molar-refractivity contribution in [3.05, 3.63) is 42.6 Å². The summed E-state index contributed by atoms with van der Waals surface area (Å²) in [5, 5.41) is 0. The first-order valence-electron chi connectivity index (χ1n) is 5.07. The van der Waals surface area contributed by atoms with Crippen molar-refractivity contribution in [2.24, 2.45) is 0 Å². The van der Waals surface area contributed by atoms with E-state index >= 15 is 0 Å². The van der Waals surface area contributed by atoms with Crippen LogP contribution in [0.5, 0.6) is 23.1 Å². The molecule has 1 radical (unpaired) electrons. The predicted octanol–water partition coefficient (Wildman–Crippen LogP) is 2.69. The molecule has 0 atom stereocenters. The molecule has 0 saturated heterocycles. The molecule has 0 amide bonds. The first kappa shape index (κ1) is 11.3. The second-order valence-corrected chi connectivity index (χ2v) is 3.20. The van der Waals surface area contributed by atoms with E-state index in [9.17, 15) is 0 Å². The number of hydrogen-bond acceptors (Lipinski definition) is 4. The van der Waals surface area contributed by atoms with Gasteiger partial charge >= 0.3 is 0 Å². The zero-order valence-corrected chi connectivity index (χ0v) is 9.64. The van der Waals surface area contributed by atoms with Crippen molar-refractivity contribution < 1.29 is 14.2 Å². The van der Waals surface area contributed by atoms with Crippen molar-refractivity contribution in [2.75, 3.05) is 14.2 Å². The molecule has 0 aliphatic carbocycles. The van der Waals surface area contributed by atoms with E-state index in [1.165, 1.54) is 7.11 Å². The third kappa shape index (κ3) is 2.47. The normalized spacial score (nSPS) is 9.76. The maximum Gasteiger partial charge on any atom is 0.258 e. The van der Waals surface area contributed by atoms with Crippen molar-refractivity contribution in [2.45, 2.75) is 0 Å². The molecular formula is C13H12NO3. The molecule has 0 aliphatic rings. The second-order valence-electron chi connectivity index (χ2n) is 3.20. The Morgan fingerprint density at radius 1 is 0.941 bits per heavy atom. The Bertz CT molecular complexity index is 454. The monoisotopic (exact) mass is 230 g/mol. The van der Waals surface area contributed by atoms with E-state index in [2.05, 4.69) is 11.2 Å². The Balaban J connectivity index is 2.31. The molecule has 0 saturated carbocycles. The summed E-state index contributed by atoms with van der Waals surface area (Å²) in [7, 11) is 3.13. The Morgan fingerprint density at radius 2 is 1.71 bits per heavy atom. The summed E-state index contributed by atoms with van der Waals surface area (Å²) in [6.45, 7) is 0. The molecule has 17 heavy (non-hydrogen) atoms. The Labute approximate surface area is 99.8 Å². The number of ether oxygens (including phenoxy) is 3. The third-order valence-electron chi connectivity index (χ3n) is 2.17. The van der Waals surface area contributed by atoms with Crippen LogP contribution in [0.3, 0.4) is 0 Å².